The highest BCUT2D eigenvalue weighted by Crippen LogP contribution is 2.22. The number of aromatic nitrogens is 2. The zero-order valence-electron chi connectivity index (χ0n) is 14.9. The molecule has 1 aliphatic rings. The summed E-state index contributed by atoms with van der Waals surface area (Å²) in [4.78, 5) is 16.0. The quantitative estimate of drug-likeness (QED) is 0.871. The summed E-state index contributed by atoms with van der Waals surface area (Å²) in [6.07, 6.45) is 4.04. The number of nitrogens with zero attached hydrogens (tertiary/aromatic N) is 4. The zero-order valence-corrected chi connectivity index (χ0v) is 14.9. The molecule has 6 nitrogen and oxygen atoms in total. The molecule has 2 aromatic rings. The lowest BCUT2D eigenvalue weighted by Gasteiger charge is -2.25. The van der Waals surface area contributed by atoms with E-state index in [0.717, 1.165) is 43.0 Å². The number of benzene rings is 1. The topological polar surface area (TPSA) is 61.4 Å². The van der Waals surface area contributed by atoms with Crippen molar-refractivity contribution in [3.05, 3.63) is 53.7 Å². The summed E-state index contributed by atoms with van der Waals surface area (Å²) in [6, 6.07) is 12.2. The summed E-state index contributed by atoms with van der Waals surface area (Å²) in [5.41, 5.74) is 1.85. The van der Waals surface area contributed by atoms with Gasteiger partial charge in [0.05, 0.1) is 0 Å². The highest BCUT2D eigenvalue weighted by Gasteiger charge is 2.25. The van der Waals surface area contributed by atoms with Gasteiger partial charge in [-0.3, -0.25) is 4.79 Å². The summed E-state index contributed by atoms with van der Waals surface area (Å²) in [5.74, 6) is 0.983. The molecule has 1 aliphatic heterocycles. The van der Waals surface area contributed by atoms with Gasteiger partial charge in [-0.25, -0.2) is 0 Å². The van der Waals surface area contributed by atoms with E-state index in [1.807, 2.05) is 30.3 Å². The molecule has 6 heteroatoms. The Balaban J connectivity index is 1.56. The maximum absolute atomic E-state index is 12.1. The molecule has 2 heterocycles. The van der Waals surface area contributed by atoms with Crippen LogP contribution in [0.4, 0.5) is 5.82 Å². The fourth-order valence-electron chi connectivity index (χ4n) is 3.25. The number of carbonyl (C=O) groups is 1. The summed E-state index contributed by atoms with van der Waals surface area (Å²) < 4.78 is 0. The first-order chi connectivity index (χ1) is 12.1. The highest BCUT2D eigenvalue weighted by atomic mass is 16.2. The van der Waals surface area contributed by atoms with Crippen molar-refractivity contribution in [1.82, 2.24) is 20.4 Å². The predicted molar refractivity (Wildman–Crippen MR) is 98.6 cm³/mol. The zero-order chi connectivity index (χ0) is 17.6. The van der Waals surface area contributed by atoms with Crippen molar-refractivity contribution in [1.29, 1.82) is 0 Å². The van der Waals surface area contributed by atoms with E-state index in [1.54, 1.807) is 25.2 Å². The van der Waals surface area contributed by atoms with E-state index in [-0.39, 0.29) is 5.91 Å². The van der Waals surface area contributed by atoms with E-state index in [1.165, 1.54) is 6.42 Å². The Morgan fingerprint density at radius 2 is 2.20 bits per heavy atom. The maximum atomic E-state index is 12.1. The molecule has 0 saturated carbocycles. The van der Waals surface area contributed by atoms with Crippen LogP contribution in [0, 0.1) is 0 Å². The monoisotopic (exact) mass is 339 g/mol. The Labute approximate surface area is 148 Å². The molecular weight excluding hydrogens is 314 g/mol. The van der Waals surface area contributed by atoms with Crippen LogP contribution in [0.5, 0.6) is 0 Å². The fraction of sp³-hybridized carbons (Fsp3) is 0.421. The molecule has 0 aliphatic carbocycles. The molecule has 3 rings (SSSR count). The average molecular weight is 339 g/mol. The minimum absolute atomic E-state index is 0.0338. The molecule has 132 valence electrons. The van der Waals surface area contributed by atoms with Gasteiger partial charge in [0.25, 0.3) is 5.91 Å². The van der Waals surface area contributed by atoms with Gasteiger partial charge in [0.1, 0.15) is 0 Å². The predicted octanol–water partition coefficient (Wildman–Crippen LogP) is 1.94. The van der Waals surface area contributed by atoms with E-state index in [4.69, 9.17) is 0 Å². The van der Waals surface area contributed by atoms with Crippen LogP contribution in [-0.2, 0) is 6.54 Å². The lowest BCUT2D eigenvalue weighted by Crippen LogP contribution is -2.38. The normalized spacial score (nSPS) is 16.9. The van der Waals surface area contributed by atoms with Crippen LogP contribution in [0.2, 0.25) is 0 Å². The third-order valence-corrected chi connectivity index (χ3v) is 4.52. The minimum atomic E-state index is 0.0338. The van der Waals surface area contributed by atoms with E-state index in [0.29, 0.717) is 6.04 Å². The third kappa shape index (κ3) is 4.33. The van der Waals surface area contributed by atoms with Gasteiger partial charge >= 0.3 is 0 Å². The fourth-order valence-corrected chi connectivity index (χ4v) is 3.25. The van der Waals surface area contributed by atoms with Gasteiger partial charge in [-0.05, 0) is 42.7 Å². The number of carbonyl (C=O) groups excluding carboxylic acids is 1. The van der Waals surface area contributed by atoms with Gasteiger partial charge in [-0.2, -0.15) is 5.10 Å². The summed E-state index contributed by atoms with van der Waals surface area (Å²) >= 11 is 0. The second-order valence-corrected chi connectivity index (χ2v) is 6.60. The lowest BCUT2D eigenvalue weighted by atomic mass is 10.1. The van der Waals surface area contributed by atoms with Crippen LogP contribution < -0.4 is 10.2 Å². The average Bonchev–Trinajstić information content (AvgIpc) is 3.10. The van der Waals surface area contributed by atoms with Crippen molar-refractivity contribution in [2.45, 2.75) is 25.4 Å². The summed E-state index contributed by atoms with van der Waals surface area (Å²) in [6.45, 7) is 2.67. The van der Waals surface area contributed by atoms with Gasteiger partial charge in [0.15, 0.2) is 5.82 Å². The van der Waals surface area contributed by atoms with Crippen molar-refractivity contribution < 1.29 is 4.79 Å². The molecule has 1 fully saturated rings. The first kappa shape index (κ1) is 17.4. The first-order valence-corrected chi connectivity index (χ1v) is 8.71. The number of anilines is 1. The molecule has 0 bridgehead atoms. The van der Waals surface area contributed by atoms with E-state index < -0.39 is 0 Å². The van der Waals surface area contributed by atoms with Crippen LogP contribution in [0.25, 0.3) is 0 Å². The number of hydrogen-bond donors (Lipinski definition) is 1. The van der Waals surface area contributed by atoms with Gasteiger partial charge in [-0.15, -0.1) is 5.10 Å². The Kier molecular flexibility index (Phi) is 5.60. The van der Waals surface area contributed by atoms with Crippen molar-refractivity contribution in [2.24, 2.45) is 0 Å². The van der Waals surface area contributed by atoms with Gasteiger partial charge in [0, 0.05) is 51.5 Å². The molecule has 1 aromatic heterocycles. The SMILES string of the molecule is CN(C)C(=O)c1cccc(CNCC2CCCN2c2cccnn2)c1. The van der Waals surface area contributed by atoms with Gasteiger partial charge in [0.2, 0.25) is 0 Å². The van der Waals surface area contributed by atoms with E-state index in [2.05, 4.69) is 26.5 Å². The van der Waals surface area contributed by atoms with Gasteiger partial charge < -0.3 is 15.1 Å². The smallest absolute Gasteiger partial charge is 0.253 e. The van der Waals surface area contributed by atoms with Crippen molar-refractivity contribution in [3.8, 4) is 0 Å². The minimum Gasteiger partial charge on any atom is -0.351 e. The van der Waals surface area contributed by atoms with Crippen molar-refractivity contribution >= 4 is 11.7 Å². The Hall–Kier alpha value is -2.47. The molecule has 1 N–H and O–H groups in total. The molecule has 0 spiro atoms. The molecule has 1 saturated heterocycles. The Morgan fingerprint density at radius 1 is 1.32 bits per heavy atom. The Morgan fingerprint density at radius 3 is 2.96 bits per heavy atom. The molecular formula is C19H25N5O. The molecule has 0 radical (unpaired) electrons. The van der Waals surface area contributed by atoms with Crippen LogP contribution in [-0.4, -0.2) is 54.2 Å². The van der Waals surface area contributed by atoms with Crippen molar-refractivity contribution in [3.63, 3.8) is 0 Å². The number of hydrogen-bond acceptors (Lipinski definition) is 5. The van der Waals surface area contributed by atoms with Crippen LogP contribution >= 0.6 is 0 Å². The number of rotatable bonds is 6. The third-order valence-electron chi connectivity index (χ3n) is 4.52. The molecule has 25 heavy (non-hydrogen) atoms. The molecule has 1 amide bonds. The first-order valence-electron chi connectivity index (χ1n) is 8.71. The second-order valence-electron chi connectivity index (χ2n) is 6.60. The van der Waals surface area contributed by atoms with Crippen LogP contribution in [0.15, 0.2) is 42.6 Å². The summed E-state index contributed by atoms with van der Waals surface area (Å²) in [5, 5.41) is 11.7. The highest BCUT2D eigenvalue weighted by molar-refractivity contribution is 5.94. The molecule has 1 atom stereocenters. The lowest BCUT2D eigenvalue weighted by molar-refractivity contribution is 0.0827. The molecule has 1 unspecified atom stereocenters. The largest absolute Gasteiger partial charge is 0.351 e. The van der Waals surface area contributed by atoms with Crippen LogP contribution in [0.3, 0.4) is 0 Å². The van der Waals surface area contributed by atoms with E-state index in [9.17, 15) is 4.79 Å². The number of amides is 1. The van der Waals surface area contributed by atoms with E-state index >= 15 is 0 Å². The standard InChI is InChI=1S/C19H25N5O/c1-23(2)19(25)16-7-3-6-15(12-16)13-20-14-17-8-5-11-24(17)18-9-4-10-21-22-18/h3-4,6-7,9-10,12,17,20H,5,8,11,13-14H2,1-2H3. The summed E-state index contributed by atoms with van der Waals surface area (Å²) in [7, 11) is 3.54. The Bertz CT molecular complexity index is 704. The van der Waals surface area contributed by atoms with Crippen molar-refractivity contribution in [2.75, 3.05) is 32.1 Å². The molecule has 1 aromatic carbocycles. The number of nitrogens with one attached hydrogen (secondary N) is 1. The maximum Gasteiger partial charge on any atom is 0.253 e. The second kappa shape index (κ2) is 8.07. The van der Waals surface area contributed by atoms with Crippen LogP contribution in [0.1, 0.15) is 28.8 Å². The van der Waals surface area contributed by atoms with Gasteiger partial charge in [-0.1, -0.05) is 12.1 Å².